The first-order valence-electron chi connectivity index (χ1n) is 7.23. The minimum atomic E-state index is -0.224. The molecule has 1 saturated heterocycles. The van der Waals surface area contributed by atoms with Crippen molar-refractivity contribution in [2.45, 2.75) is 25.3 Å². The van der Waals surface area contributed by atoms with Gasteiger partial charge < -0.3 is 15.5 Å². The van der Waals surface area contributed by atoms with Gasteiger partial charge in [-0.15, -0.1) is 0 Å². The molecule has 1 aromatic carbocycles. The Balaban J connectivity index is 1.87. The van der Waals surface area contributed by atoms with E-state index in [-0.39, 0.29) is 11.4 Å². The van der Waals surface area contributed by atoms with E-state index >= 15 is 0 Å². The number of nitrogens with two attached hydrogens (primary N) is 1. The highest BCUT2D eigenvalue weighted by Crippen LogP contribution is 2.36. The number of halogens is 1. The molecule has 2 aliphatic heterocycles. The number of benzene rings is 1. The molecule has 0 aromatic heterocycles. The van der Waals surface area contributed by atoms with E-state index in [1.165, 1.54) is 12.1 Å². The Morgan fingerprint density at radius 2 is 1.90 bits per heavy atom. The number of hydrogen-bond acceptors (Lipinski definition) is 4. The third-order valence-corrected chi connectivity index (χ3v) is 4.56. The second-order valence-electron chi connectivity index (χ2n) is 5.64. The minimum absolute atomic E-state index is 0.0203. The molecule has 0 aliphatic carbocycles. The number of aliphatic imine (C=N–C) groups is 1. The summed E-state index contributed by atoms with van der Waals surface area (Å²) in [6, 6.07) is 6.54. The molecule has 3 rings (SSSR count). The number of hydrogen-bond donors (Lipinski definition) is 1. The summed E-state index contributed by atoms with van der Waals surface area (Å²) < 4.78 is 13.1. The van der Waals surface area contributed by atoms with Crippen molar-refractivity contribution < 1.29 is 4.39 Å². The van der Waals surface area contributed by atoms with Crippen LogP contribution in [0.4, 0.5) is 10.1 Å². The summed E-state index contributed by atoms with van der Waals surface area (Å²) in [7, 11) is 0. The van der Waals surface area contributed by atoms with Crippen molar-refractivity contribution in [2.24, 2.45) is 10.7 Å². The first-order valence-corrected chi connectivity index (χ1v) is 7.23. The highest BCUT2D eigenvalue weighted by Gasteiger charge is 2.44. The minimum Gasteiger partial charge on any atom is -0.369 e. The van der Waals surface area contributed by atoms with Gasteiger partial charge in [0.15, 0.2) is 5.96 Å². The zero-order valence-electron chi connectivity index (χ0n) is 11.8. The number of rotatable bonds is 2. The van der Waals surface area contributed by atoms with Crippen LogP contribution in [-0.2, 0) is 0 Å². The molecule has 5 heteroatoms. The SMILES string of the molecule is CCN1CCC2(CC1)CN=C(N)N2c1ccc(F)cc1. The van der Waals surface area contributed by atoms with Crippen LogP contribution in [0.25, 0.3) is 0 Å². The van der Waals surface area contributed by atoms with Gasteiger partial charge in [0.05, 0.1) is 12.1 Å². The molecule has 0 unspecified atom stereocenters. The summed E-state index contributed by atoms with van der Waals surface area (Å²) >= 11 is 0. The fourth-order valence-corrected chi connectivity index (χ4v) is 3.28. The lowest BCUT2D eigenvalue weighted by atomic mass is 9.86. The lowest BCUT2D eigenvalue weighted by molar-refractivity contribution is 0.178. The van der Waals surface area contributed by atoms with E-state index in [0.717, 1.165) is 44.7 Å². The van der Waals surface area contributed by atoms with Gasteiger partial charge in [-0.25, -0.2) is 4.39 Å². The third-order valence-electron chi connectivity index (χ3n) is 4.56. The Kier molecular flexibility index (Phi) is 3.38. The first-order chi connectivity index (χ1) is 9.64. The van der Waals surface area contributed by atoms with Crippen LogP contribution in [-0.4, -0.2) is 42.6 Å². The van der Waals surface area contributed by atoms with Crippen molar-refractivity contribution >= 4 is 11.6 Å². The standard InChI is InChI=1S/C15H21FN4/c1-2-19-9-7-15(8-10-19)11-18-14(17)20(15)13-5-3-12(16)4-6-13/h3-6H,2,7-11H2,1H3,(H2,17,18). The summed E-state index contributed by atoms with van der Waals surface area (Å²) in [6.07, 6.45) is 2.09. The number of piperidine rings is 1. The summed E-state index contributed by atoms with van der Waals surface area (Å²) in [5, 5.41) is 0. The van der Waals surface area contributed by atoms with Crippen molar-refractivity contribution in [1.82, 2.24) is 4.90 Å². The molecule has 2 N–H and O–H groups in total. The fraction of sp³-hybridized carbons (Fsp3) is 0.533. The largest absolute Gasteiger partial charge is 0.369 e. The van der Waals surface area contributed by atoms with Gasteiger partial charge in [-0.3, -0.25) is 4.99 Å². The molecule has 0 saturated carbocycles. The normalized spacial score (nSPS) is 22.3. The Morgan fingerprint density at radius 3 is 2.50 bits per heavy atom. The molecule has 0 radical (unpaired) electrons. The smallest absolute Gasteiger partial charge is 0.196 e. The molecule has 108 valence electrons. The Labute approximate surface area is 119 Å². The number of nitrogens with zero attached hydrogens (tertiary/aromatic N) is 3. The Morgan fingerprint density at radius 1 is 1.25 bits per heavy atom. The summed E-state index contributed by atoms with van der Waals surface area (Å²) in [4.78, 5) is 9.01. The molecule has 2 heterocycles. The van der Waals surface area contributed by atoms with Gasteiger partial charge in [-0.1, -0.05) is 6.92 Å². The molecule has 0 atom stereocenters. The lowest BCUT2D eigenvalue weighted by Crippen LogP contribution is -2.57. The third kappa shape index (κ3) is 2.16. The van der Waals surface area contributed by atoms with Crippen LogP contribution in [0, 0.1) is 5.82 Å². The second-order valence-corrected chi connectivity index (χ2v) is 5.64. The van der Waals surface area contributed by atoms with Crippen molar-refractivity contribution in [3.05, 3.63) is 30.1 Å². The summed E-state index contributed by atoms with van der Waals surface area (Å²) in [5.41, 5.74) is 7.01. The molecule has 0 amide bonds. The van der Waals surface area contributed by atoms with Gasteiger partial charge in [0.2, 0.25) is 0 Å². The average molecular weight is 276 g/mol. The molecule has 0 bridgehead atoms. The monoisotopic (exact) mass is 276 g/mol. The zero-order chi connectivity index (χ0) is 14.2. The van der Waals surface area contributed by atoms with Crippen LogP contribution < -0.4 is 10.6 Å². The molecule has 1 fully saturated rings. The molecular formula is C15H21FN4. The van der Waals surface area contributed by atoms with E-state index in [2.05, 4.69) is 21.7 Å². The highest BCUT2D eigenvalue weighted by molar-refractivity contribution is 5.98. The van der Waals surface area contributed by atoms with E-state index in [0.29, 0.717) is 5.96 Å². The zero-order valence-corrected chi connectivity index (χ0v) is 11.8. The van der Waals surface area contributed by atoms with Crippen LogP contribution >= 0.6 is 0 Å². The van der Waals surface area contributed by atoms with Crippen LogP contribution in [0.2, 0.25) is 0 Å². The van der Waals surface area contributed by atoms with Gasteiger partial charge >= 0.3 is 0 Å². The summed E-state index contributed by atoms with van der Waals surface area (Å²) in [6.45, 7) is 6.15. The quantitative estimate of drug-likeness (QED) is 0.896. The topological polar surface area (TPSA) is 44.9 Å². The maximum absolute atomic E-state index is 13.1. The predicted molar refractivity (Wildman–Crippen MR) is 79.4 cm³/mol. The van der Waals surface area contributed by atoms with E-state index < -0.39 is 0 Å². The fourth-order valence-electron chi connectivity index (χ4n) is 3.28. The van der Waals surface area contributed by atoms with E-state index in [4.69, 9.17) is 5.73 Å². The van der Waals surface area contributed by atoms with Crippen LogP contribution in [0.1, 0.15) is 19.8 Å². The predicted octanol–water partition coefficient (Wildman–Crippen LogP) is 1.81. The van der Waals surface area contributed by atoms with Crippen molar-refractivity contribution in [2.75, 3.05) is 31.1 Å². The highest BCUT2D eigenvalue weighted by atomic mass is 19.1. The van der Waals surface area contributed by atoms with Gasteiger partial charge in [-0.05, 0) is 43.7 Å². The molecule has 4 nitrogen and oxygen atoms in total. The Hall–Kier alpha value is -1.62. The van der Waals surface area contributed by atoms with Crippen LogP contribution in [0.5, 0.6) is 0 Å². The van der Waals surface area contributed by atoms with Crippen molar-refractivity contribution in [3.8, 4) is 0 Å². The van der Waals surface area contributed by atoms with Gasteiger partial charge in [0, 0.05) is 18.8 Å². The van der Waals surface area contributed by atoms with Crippen molar-refractivity contribution in [1.29, 1.82) is 0 Å². The molecule has 2 aliphatic rings. The second kappa shape index (κ2) is 5.05. The number of anilines is 1. The maximum atomic E-state index is 13.1. The molecular weight excluding hydrogens is 255 g/mol. The van der Waals surface area contributed by atoms with Crippen molar-refractivity contribution in [3.63, 3.8) is 0 Å². The first kappa shape index (κ1) is 13.4. The van der Waals surface area contributed by atoms with Gasteiger partial charge in [0.1, 0.15) is 5.82 Å². The Bertz CT molecular complexity index is 503. The van der Waals surface area contributed by atoms with Gasteiger partial charge in [-0.2, -0.15) is 0 Å². The summed E-state index contributed by atoms with van der Waals surface area (Å²) in [5.74, 6) is 0.333. The van der Waals surface area contributed by atoms with E-state index in [1.54, 1.807) is 12.1 Å². The molecule has 1 spiro atoms. The van der Waals surface area contributed by atoms with E-state index in [1.807, 2.05) is 0 Å². The molecule has 20 heavy (non-hydrogen) atoms. The van der Waals surface area contributed by atoms with E-state index in [9.17, 15) is 4.39 Å². The lowest BCUT2D eigenvalue weighted by Gasteiger charge is -2.45. The average Bonchev–Trinajstić information content (AvgIpc) is 2.78. The van der Waals surface area contributed by atoms with Crippen LogP contribution in [0.3, 0.4) is 0 Å². The number of guanidine groups is 1. The maximum Gasteiger partial charge on any atom is 0.196 e. The molecule has 1 aromatic rings. The van der Waals surface area contributed by atoms with Crippen LogP contribution in [0.15, 0.2) is 29.3 Å². The van der Waals surface area contributed by atoms with Gasteiger partial charge in [0.25, 0.3) is 0 Å². The number of likely N-dealkylation sites (tertiary alicyclic amines) is 1.